The molecule has 1 aliphatic heterocycles. The van der Waals surface area contributed by atoms with Crippen molar-refractivity contribution in [1.82, 2.24) is 14.0 Å². The second kappa shape index (κ2) is 17.8. The molecule has 0 bridgehead atoms. The number of rotatable bonds is 11. The monoisotopic (exact) mass is 891 g/mol. The fraction of sp³-hybridized carbons (Fsp3) is 0.222. The lowest BCUT2D eigenvalue weighted by atomic mass is 9.81. The van der Waals surface area contributed by atoms with Crippen LogP contribution in [0.15, 0.2) is 195 Å². The van der Waals surface area contributed by atoms with Gasteiger partial charge in [-0.2, -0.15) is 4.48 Å². The number of para-hydroxylation sites is 3. The normalized spacial score (nSPS) is 13.3. The lowest BCUT2D eigenvalue weighted by molar-refractivity contribution is 0.588. The second-order valence-electron chi connectivity index (χ2n) is 20.5. The first-order valence-electron chi connectivity index (χ1n) is 24.4. The van der Waals surface area contributed by atoms with E-state index in [-0.39, 0.29) is 5.41 Å². The summed E-state index contributed by atoms with van der Waals surface area (Å²) in [7, 11) is 0. The summed E-state index contributed by atoms with van der Waals surface area (Å²) < 4.78 is 2.73. The number of hydrogen-bond donors (Lipinski definition) is 0. The maximum Gasteiger partial charge on any atom is 0.150 e. The number of benzene rings is 7. The lowest BCUT2D eigenvalue weighted by Gasteiger charge is -2.37. The van der Waals surface area contributed by atoms with Gasteiger partial charge in [-0.1, -0.05) is 147 Å². The van der Waals surface area contributed by atoms with Crippen molar-refractivity contribution in [3.8, 4) is 16.9 Å². The van der Waals surface area contributed by atoms with Crippen molar-refractivity contribution in [2.24, 2.45) is 0 Å². The number of fused-ring (bicyclic) bond motifs is 3. The van der Waals surface area contributed by atoms with E-state index in [4.69, 9.17) is 4.98 Å². The fourth-order valence-electron chi connectivity index (χ4n) is 10.4. The molecule has 0 aliphatic carbocycles. The molecule has 5 nitrogen and oxygen atoms in total. The molecule has 0 radical (unpaired) electrons. The van der Waals surface area contributed by atoms with Gasteiger partial charge in [0, 0.05) is 89.3 Å². The van der Waals surface area contributed by atoms with E-state index >= 15 is 0 Å². The summed E-state index contributed by atoms with van der Waals surface area (Å²) in [5.41, 5.74) is 17.3. The first-order chi connectivity index (χ1) is 32.8. The molecule has 0 saturated carbocycles. The summed E-state index contributed by atoms with van der Waals surface area (Å²) in [6.07, 6.45) is 6.42. The average Bonchev–Trinajstić information content (AvgIpc) is 3.98. The van der Waals surface area contributed by atoms with Gasteiger partial charge in [0.2, 0.25) is 0 Å². The van der Waals surface area contributed by atoms with Crippen molar-refractivity contribution in [3.05, 3.63) is 217 Å². The van der Waals surface area contributed by atoms with Gasteiger partial charge in [-0.15, -0.1) is 0 Å². The predicted molar refractivity (Wildman–Crippen MR) is 290 cm³/mol. The SMILES string of the molecule is CC(C)c1cc(C(C)C)c(-c2cccc(N3C=CN(c4cccc([N+](c5ccccc5)(c5ccccc5)c5ccc6c7ccccc7n(-c7cc(C(C)(C)C)ccn7)c6c5)c4)C3)c2)c(C(C)C)c1. The van der Waals surface area contributed by atoms with Crippen LogP contribution in [0.5, 0.6) is 0 Å². The Hall–Kier alpha value is -7.21. The van der Waals surface area contributed by atoms with Gasteiger partial charge in [0.15, 0.2) is 0 Å². The first-order valence-corrected chi connectivity index (χ1v) is 24.4. The number of anilines is 2. The summed E-state index contributed by atoms with van der Waals surface area (Å²) in [6.45, 7) is 21.4. The van der Waals surface area contributed by atoms with E-state index < -0.39 is 0 Å². The molecule has 0 atom stereocenters. The molecule has 9 aromatic rings. The Morgan fingerprint density at radius 1 is 0.485 bits per heavy atom. The molecule has 0 fully saturated rings. The van der Waals surface area contributed by atoms with Crippen LogP contribution in [-0.4, -0.2) is 16.2 Å². The molecule has 10 rings (SSSR count). The summed E-state index contributed by atoms with van der Waals surface area (Å²) in [4.78, 5) is 9.77. The highest BCUT2D eigenvalue weighted by Gasteiger charge is 2.40. The summed E-state index contributed by atoms with van der Waals surface area (Å²) in [5.74, 6) is 2.21. The van der Waals surface area contributed by atoms with Crippen molar-refractivity contribution in [2.45, 2.75) is 85.5 Å². The van der Waals surface area contributed by atoms with Crippen molar-refractivity contribution in [3.63, 3.8) is 0 Å². The molecule has 0 amide bonds. The Labute approximate surface area is 403 Å². The Morgan fingerprint density at radius 2 is 1.04 bits per heavy atom. The van der Waals surface area contributed by atoms with Gasteiger partial charge in [0.1, 0.15) is 28.6 Å². The van der Waals surface area contributed by atoms with E-state index in [0.717, 1.165) is 45.3 Å². The zero-order chi connectivity index (χ0) is 47.3. The van der Waals surface area contributed by atoms with Crippen LogP contribution in [0.1, 0.15) is 102 Å². The minimum Gasteiger partial charge on any atom is -0.328 e. The Morgan fingerprint density at radius 3 is 1.66 bits per heavy atom. The van der Waals surface area contributed by atoms with E-state index in [2.05, 4.69) is 265 Å². The highest BCUT2D eigenvalue weighted by Crippen LogP contribution is 2.53. The molecule has 340 valence electrons. The number of quaternary nitrogens is 1. The minimum atomic E-state index is -0.0278. The summed E-state index contributed by atoms with van der Waals surface area (Å²) >= 11 is 0. The molecule has 0 saturated heterocycles. The topological polar surface area (TPSA) is 24.3 Å². The zero-order valence-corrected chi connectivity index (χ0v) is 41.2. The van der Waals surface area contributed by atoms with Gasteiger partial charge < -0.3 is 9.80 Å². The van der Waals surface area contributed by atoms with Crippen molar-refractivity contribution < 1.29 is 0 Å². The lowest BCUT2D eigenvalue weighted by Crippen LogP contribution is -2.33. The molecule has 5 heteroatoms. The van der Waals surface area contributed by atoms with Gasteiger partial charge in [0.25, 0.3) is 0 Å². The minimum absolute atomic E-state index is 0.0278. The number of hydrogen-bond acceptors (Lipinski definition) is 3. The van der Waals surface area contributed by atoms with E-state index in [1.54, 1.807) is 0 Å². The third kappa shape index (κ3) is 7.89. The number of aromatic nitrogens is 2. The van der Waals surface area contributed by atoms with Crippen molar-refractivity contribution in [2.75, 3.05) is 16.5 Å². The largest absolute Gasteiger partial charge is 0.328 e. The molecule has 2 aromatic heterocycles. The number of nitrogens with zero attached hydrogens (tertiary/aromatic N) is 5. The summed E-state index contributed by atoms with van der Waals surface area (Å²) in [5, 5.41) is 2.40. The van der Waals surface area contributed by atoms with Crippen LogP contribution in [0.2, 0.25) is 0 Å². The third-order valence-corrected chi connectivity index (χ3v) is 14.1. The molecule has 1 aliphatic rings. The van der Waals surface area contributed by atoms with Crippen LogP contribution in [0.25, 0.3) is 38.8 Å². The predicted octanol–water partition coefficient (Wildman–Crippen LogP) is 17.6. The van der Waals surface area contributed by atoms with Gasteiger partial charge >= 0.3 is 0 Å². The maximum atomic E-state index is 5.04. The van der Waals surface area contributed by atoms with Crippen LogP contribution < -0.4 is 14.3 Å². The Balaban J connectivity index is 1.10. The molecule has 68 heavy (non-hydrogen) atoms. The highest BCUT2D eigenvalue weighted by molar-refractivity contribution is 6.10. The molecular formula is C63H64N5+. The molecule has 0 unspecified atom stereocenters. The van der Waals surface area contributed by atoms with Crippen LogP contribution in [0.3, 0.4) is 0 Å². The molecule has 0 N–H and O–H groups in total. The van der Waals surface area contributed by atoms with Crippen LogP contribution in [-0.2, 0) is 5.41 Å². The van der Waals surface area contributed by atoms with Crippen LogP contribution in [0.4, 0.5) is 34.1 Å². The van der Waals surface area contributed by atoms with Crippen molar-refractivity contribution >= 4 is 55.9 Å². The van der Waals surface area contributed by atoms with E-state index in [1.807, 2.05) is 6.20 Å². The smallest absolute Gasteiger partial charge is 0.150 e. The summed E-state index contributed by atoms with van der Waals surface area (Å²) in [6, 6.07) is 65.4. The van der Waals surface area contributed by atoms with E-state index in [9.17, 15) is 0 Å². The molecule has 7 aromatic carbocycles. The van der Waals surface area contributed by atoms with Gasteiger partial charge in [-0.25, -0.2) is 4.98 Å². The average molecular weight is 891 g/mol. The van der Waals surface area contributed by atoms with Crippen LogP contribution in [0, 0.1) is 0 Å². The van der Waals surface area contributed by atoms with E-state index in [0.29, 0.717) is 28.9 Å². The fourth-order valence-corrected chi connectivity index (χ4v) is 10.4. The first kappa shape index (κ1) is 44.6. The van der Waals surface area contributed by atoms with E-state index in [1.165, 1.54) is 49.8 Å². The standard InChI is InChI=1S/C63H64N5/c1-43(2)47-37-57(44(3)4)62(58(38-47)45(5)6)46-20-18-21-49(36-46)65-34-35-66(42-65)50-22-19-27-53(40-50)68(51-23-12-10-13-24-51,52-25-14-11-15-26-52)54-30-31-56-55-28-16-17-29-59(55)67(60(56)41-54)61-39-48(32-33-64-61)63(7,8)9/h10-41,43-45H,42H2,1-9H3/q+1. The van der Waals surface area contributed by atoms with Crippen molar-refractivity contribution in [1.29, 1.82) is 0 Å². The zero-order valence-electron chi connectivity index (χ0n) is 41.2. The Kier molecular flexibility index (Phi) is 11.7. The van der Waals surface area contributed by atoms with Gasteiger partial charge in [0.05, 0.1) is 17.7 Å². The number of pyridine rings is 1. The molecule has 3 heterocycles. The van der Waals surface area contributed by atoms with Gasteiger partial charge in [-0.05, 0) is 99.0 Å². The highest BCUT2D eigenvalue weighted by atomic mass is 15.4. The molecular weight excluding hydrogens is 827 g/mol. The van der Waals surface area contributed by atoms with Gasteiger partial charge in [-0.3, -0.25) is 4.57 Å². The Bertz CT molecular complexity index is 3230. The van der Waals surface area contributed by atoms with Crippen LogP contribution >= 0.6 is 0 Å². The quantitative estimate of drug-likeness (QED) is 0.121. The second-order valence-corrected chi connectivity index (χ2v) is 20.5. The molecule has 0 spiro atoms. The third-order valence-electron chi connectivity index (χ3n) is 14.1. The maximum absolute atomic E-state index is 5.04.